The molecule has 1 saturated heterocycles. The number of hydrogen-bond acceptors (Lipinski definition) is 2. The quantitative estimate of drug-likeness (QED) is 0.679. The summed E-state index contributed by atoms with van der Waals surface area (Å²) in [6, 6.07) is 0. The second-order valence-electron chi connectivity index (χ2n) is 3.76. The summed E-state index contributed by atoms with van der Waals surface area (Å²) in [6.07, 6.45) is 0.898. The van der Waals surface area contributed by atoms with Crippen molar-refractivity contribution in [2.75, 3.05) is 19.0 Å². The van der Waals surface area contributed by atoms with Crippen molar-refractivity contribution in [1.82, 2.24) is 4.31 Å². The highest BCUT2D eigenvalue weighted by Gasteiger charge is 2.32. The van der Waals surface area contributed by atoms with Crippen molar-refractivity contribution in [3.8, 4) is 0 Å². The molecule has 0 radical (unpaired) electrons. The van der Waals surface area contributed by atoms with Crippen LogP contribution in [0.25, 0.3) is 0 Å². The summed E-state index contributed by atoms with van der Waals surface area (Å²) >= 11 is 5.68. The molecule has 1 atom stereocenters. The topological polar surface area (TPSA) is 37.4 Å². The first kappa shape index (κ1) is 11.3. The molecule has 5 heteroatoms. The van der Waals surface area contributed by atoms with Crippen LogP contribution >= 0.6 is 11.6 Å². The van der Waals surface area contributed by atoms with E-state index in [0.717, 1.165) is 6.42 Å². The van der Waals surface area contributed by atoms with Gasteiger partial charge in [-0.15, -0.1) is 11.6 Å². The molecule has 0 aromatic rings. The second kappa shape index (κ2) is 4.15. The maximum absolute atomic E-state index is 11.7. The van der Waals surface area contributed by atoms with E-state index in [1.54, 1.807) is 18.2 Å². The Balaban J connectivity index is 2.66. The number of rotatable bonds is 3. The molecule has 0 amide bonds. The van der Waals surface area contributed by atoms with E-state index in [1.807, 2.05) is 0 Å². The minimum atomic E-state index is -3.04. The Hall–Kier alpha value is 0.200. The molecule has 1 unspecified atom stereocenters. The third-order valence-corrected chi connectivity index (χ3v) is 5.10. The molecule has 13 heavy (non-hydrogen) atoms. The molecule has 0 aromatic heterocycles. The van der Waals surface area contributed by atoms with Gasteiger partial charge in [-0.25, -0.2) is 12.7 Å². The molecule has 1 heterocycles. The maximum Gasteiger partial charge on any atom is 0.216 e. The van der Waals surface area contributed by atoms with Gasteiger partial charge < -0.3 is 0 Å². The second-order valence-corrected chi connectivity index (χ2v) is 6.56. The molecule has 1 aliphatic rings. The molecule has 0 bridgehead atoms. The number of sulfonamides is 1. The first-order chi connectivity index (χ1) is 5.98. The normalized spacial score (nSPS) is 25.7. The summed E-state index contributed by atoms with van der Waals surface area (Å²) < 4.78 is 24.9. The molecule has 3 nitrogen and oxygen atoms in total. The van der Waals surface area contributed by atoms with Crippen LogP contribution in [0.3, 0.4) is 0 Å². The van der Waals surface area contributed by atoms with Gasteiger partial charge in [0.05, 0.1) is 5.25 Å². The van der Waals surface area contributed by atoms with Crippen LogP contribution in [-0.2, 0) is 10.0 Å². The van der Waals surface area contributed by atoms with Crippen LogP contribution in [0, 0.1) is 5.92 Å². The highest BCUT2D eigenvalue weighted by molar-refractivity contribution is 7.89. The Labute approximate surface area is 85.1 Å². The van der Waals surface area contributed by atoms with Crippen LogP contribution in [0.4, 0.5) is 0 Å². The highest BCUT2D eigenvalue weighted by Crippen LogP contribution is 2.22. The van der Waals surface area contributed by atoms with E-state index in [1.165, 1.54) is 0 Å². The predicted molar refractivity (Wildman–Crippen MR) is 54.5 cm³/mol. The van der Waals surface area contributed by atoms with Gasteiger partial charge in [0.1, 0.15) is 0 Å². The molecule has 0 saturated carbocycles. The number of nitrogens with zero attached hydrogens (tertiary/aromatic N) is 1. The summed E-state index contributed by atoms with van der Waals surface area (Å²) in [5, 5.41) is -0.318. The van der Waals surface area contributed by atoms with Crippen LogP contribution in [0.2, 0.25) is 0 Å². The average molecular weight is 226 g/mol. The molecular formula is C8H16ClNO2S. The van der Waals surface area contributed by atoms with Gasteiger partial charge in [0, 0.05) is 19.0 Å². The van der Waals surface area contributed by atoms with Crippen molar-refractivity contribution in [2.45, 2.75) is 25.5 Å². The van der Waals surface area contributed by atoms with Crippen molar-refractivity contribution in [2.24, 2.45) is 5.92 Å². The van der Waals surface area contributed by atoms with Crippen molar-refractivity contribution in [3.63, 3.8) is 0 Å². The minimum Gasteiger partial charge on any atom is -0.212 e. The van der Waals surface area contributed by atoms with Gasteiger partial charge in [-0.05, 0) is 26.2 Å². The van der Waals surface area contributed by atoms with Crippen molar-refractivity contribution < 1.29 is 8.42 Å². The van der Waals surface area contributed by atoms with Gasteiger partial charge in [0.15, 0.2) is 0 Å². The van der Waals surface area contributed by atoms with Crippen LogP contribution < -0.4 is 0 Å². The smallest absolute Gasteiger partial charge is 0.212 e. The van der Waals surface area contributed by atoms with Crippen LogP contribution in [0.15, 0.2) is 0 Å². The summed E-state index contributed by atoms with van der Waals surface area (Å²) in [4.78, 5) is 0. The maximum atomic E-state index is 11.7. The zero-order valence-electron chi connectivity index (χ0n) is 8.03. The van der Waals surface area contributed by atoms with E-state index in [-0.39, 0.29) is 5.25 Å². The van der Waals surface area contributed by atoms with Crippen LogP contribution in [0.1, 0.15) is 20.3 Å². The SMILES string of the molecule is CC(C)S(=O)(=O)N1CCC(CCl)C1. The minimum absolute atomic E-state index is 0.318. The van der Waals surface area contributed by atoms with Gasteiger partial charge >= 0.3 is 0 Å². The Morgan fingerprint density at radius 1 is 1.54 bits per heavy atom. The Morgan fingerprint density at radius 3 is 2.54 bits per heavy atom. The Morgan fingerprint density at radius 2 is 2.15 bits per heavy atom. The lowest BCUT2D eigenvalue weighted by Gasteiger charge is -2.18. The molecule has 1 aliphatic heterocycles. The summed E-state index contributed by atoms with van der Waals surface area (Å²) in [5.41, 5.74) is 0. The fourth-order valence-corrected chi connectivity index (χ4v) is 3.08. The monoisotopic (exact) mass is 225 g/mol. The highest BCUT2D eigenvalue weighted by atomic mass is 35.5. The van der Waals surface area contributed by atoms with Gasteiger partial charge in [-0.1, -0.05) is 0 Å². The Bertz CT molecular complexity index is 263. The third kappa shape index (κ3) is 2.36. The van der Waals surface area contributed by atoms with Gasteiger partial charge in [-0.2, -0.15) is 0 Å². The lowest BCUT2D eigenvalue weighted by atomic mass is 10.2. The van der Waals surface area contributed by atoms with Gasteiger partial charge in [0.25, 0.3) is 0 Å². The van der Waals surface area contributed by atoms with Crippen molar-refractivity contribution >= 4 is 21.6 Å². The van der Waals surface area contributed by atoms with Crippen LogP contribution in [-0.4, -0.2) is 36.9 Å². The molecule has 78 valence electrons. The van der Waals surface area contributed by atoms with Gasteiger partial charge in [-0.3, -0.25) is 0 Å². The third-order valence-electron chi connectivity index (χ3n) is 2.42. The van der Waals surface area contributed by atoms with Gasteiger partial charge in [0.2, 0.25) is 10.0 Å². The Kier molecular flexibility index (Phi) is 3.60. The van der Waals surface area contributed by atoms with E-state index in [0.29, 0.717) is 24.9 Å². The molecule has 0 aromatic carbocycles. The lowest BCUT2D eigenvalue weighted by Crippen LogP contribution is -2.34. The molecule has 1 rings (SSSR count). The van der Waals surface area contributed by atoms with E-state index in [9.17, 15) is 8.42 Å². The molecule has 0 spiro atoms. The first-order valence-electron chi connectivity index (χ1n) is 4.53. The zero-order chi connectivity index (χ0) is 10.1. The first-order valence-corrected chi connectivity index (χ1v) is 6.57. The van der Waals surface area contributed by atoms with E-state index < -0.39 is 10.0 Å². The van der Waals surface area contributed by atoms with E-state index in [2.05, 4.69) is 0 Å². The number of hydrogen-bond donors (Lipinski definition) is 0. The van der Waals surface area contributed by atoms with E-state index >= 15 is 0 Å². The summed E-state index contributed by atoms with van der Waals surface area (Å²) in [5.74, 6) is 0.902. The molecule has 1 fully saturated rings. The summed E-state index contributed by atoms with van der Waals surface area (Å²) in [7, 11) is -3.04. The fourth-order valence-electron chi connectivity index (χ4n) is 1.45. The molecule has 0 aliphatic carbocycles. The van der Waals surface area contributed by atoms with E-state index in [4.69, 9.17) is 11.6 Å². The largest absolute Gasteiger partial charge is 0.216 e. The van der Waals surface area contributed by atoms with Crippen molar-refractivity contribution in [1.29, 1.82) is 0 Å². The molecule has 0 N–H and O–H groups in total. The average Bonchev–Trinajstić information content (AvgIpc) is 2.51. The van der Waals surface area contributed by atoms with Crippen molar-refractivity contribution in [3.05, 3.63) is 0 Å². The zero-order valence-corrected chi connectivity index (χ0v) is 9.61. The fraction of sp³-hybridized carbons (Fsp3) is 1.00. The molecular weight excluding hydrogens is 210 g/mol. The standard InChI is InChI=1S/C8H16ClNO2S/c1-7(2)13(11,12)10-4-3-8(5-9)6-10/h7-8H,3-6H2,1-2H3. The predicted octanol–water partition coefficient (Wildman–Crippen LogP) is 1.29. The number of alkyl halides is 1. The van der Waals surface area contributed by atoms with Crippen LogP contribution in [0.5, 0.6) is 0 Å². The number of halogens is 1. The summed E-state index contributed by atoms with van der Waals surface area (Å²) in [6.45, 7) is 4.66. The lowest BCUT2D eigenvalue weighted by molar-refractivity contribution is 0.458.